The molecule has 2 N–H and O–H groups in total. The van der Waals surface area contributed by atoms with Gasteiger partial charge in [0, 0.05) is 51.7 Å². The highest BCUT2D eigenvalue weighted by Gasteiger charge is 2.26. The van der Waals surface area contributed by atoms with Crippen LogP contribution in [0.15, 0.2) is 36.8 Å². The number of ketones is 2. The first-order valence-corrected chi connectivity index (χ1v) is 11.4. The molecule has 14 heteroatoms. The highest BCUT2D eigenvalue weighted by Crippen LogP contribution is 2.19. The fourth-order valence-electron chi connectivity index (χ4n) is 3.78. The highest BCUT2D eigenvalue weighted by atomic mass is 35.5. The molecule has 0 bridgehead atoms. The van der Waals surface area contributed by atoms with Gasteiger partial charge in [0.1, 0.15) is 11.4 Å². The van der Waals surface area contributed by atoms with Gasteiger partial charge in [-0.05, 0) is 39.2 Å². The van der Waals surface area contributed by atoms with Crippen LogP contribution in [-0.2, 0) is 21.1 Å². The summed E-state index contributed by atoms with van der Waals surface area (Å²) in [5.41, 5.74) is 0.372. The predicted octanol–water partition coefficient (Wildman–Crippen LogP) is 2.03. The lowest BCUT2D eigenvalue weighted by Crippen LogP contribution is -2.28. The molecular weight excluding hydrogens is 518 g/mol. The molecule has 38 heavy (non-hydrogen) atoms. The molecule has 0 aliphatic rings. The van der Waals surface area contributed by atoms with Crippen LogP contribution in [0.3, 0.4) is 0 Å². The van der Waals surface area contributed by atoms with Gasteiger partial charge in [-0.25, -0.2) is 0 Å². The van der Waals surface area contributed by atoms with Crippen molar-refractivity contribution in [1.29, 1.82) is 0 Å². The minimum atomic E-state index is -0.933. The Morgan fingerprint density at radius 2 is 1.47 bits per heavy atom. The van der Waals surface area contributed by atoms with Crippen molar-refractivity contribution >= 4 is 47.2 Å². The third-order valence-corrected chi connectivity index (χ3v) is 5.70. The number of aryl methyl sites for hydroxylation is 3. The van der Waals surface area contributed by atoms with Crippen molar-refractivity contribution in [3.8, 4) is 0 Å². The number of rotatable bonds is 11. The summed E-state index contributed by atoms with van der Waals surface area (Å²) in [6, 6.07) is 3.84. The average Bonchev–Trinajstić information content (AvgIpc) is 3.51. The Morgan fingerprint density at radius 3 is 2.08 bits per heavy atom. The first-order chi connectivity index (χ1) is 17.4. The maximum absolute atomic E-state index is 12.9. The molecule has 0 radical (unpaired) electrons. The van der Waals surface area contributed by atoms with E-state index in [1.165, 1.54) is 28.4 Å². The molecule has 0 atom stereocenters. The molecule has 0 saturated heterocycles. The molecule has 0 saturated carbocycles. The lowest BCUT2D eigenvalue weighted by Gasteiger charge is -2.10. The Bertz CT molecular complexity index is 1380. The number of Topliss-reactive ketones (excluding diaryl/α,β-unsaturated/α-hetero) is 2. The summed E-state index contributed by atoms with van der Waals surface area (Å²) in [6.45, 7) is 1.35. The highest BCUT2D eigenvalue weighted by molar-refractivity contribution is 6.49. The van der Waals surface area contributed by atoms with Crippen LogP contribution in [0.1, 0.15) is 48.2 Å². The molecule has 0 unspecified atom stereocenters. The Kier molecular flexibility index (Phi) is 9.74. The fourth-order valence-corrected chi connectivity index (χ4v) is 3.78. The minimum Gasteiger partial charge on any atom is -0.351 e. The van der Waals surface area contributed by atoms with Crippen molar-refractivity contribution in [3.63, 3.8) is 0 Å². The summed E-state index contributed by atoms with van der Waals surface area (Å²) < 4.78 is 4.19. The minimum absolute atomic E-state index is 0. The number of amides is 2. The molecule has 0 fully saturated rings. The molecule has 0 spiro atoms. The van der Waals surface area contributed by atoms with Crippen LogP contribution in [0.4, 0.5) is 11.4 Å². The van der Waals surface area contributed by atoms with Crippen LogP contribution >= 0.6 is 12.4 Å². The number of anilines is 1. The van der Waals surface area contributed by atoms with Gasteiger partial charge < -0.3 is 29.2 Å². The molecule has 2 amide bonds. The van der Waals surface area contributed by atoms with Gasteiger partial charge in [0.2, 0.25) is 11.6 Å². The summed E-state index contributed by atoms with van der Waals surface area (Å²) in [4.78, 5) is 63.1. The van der Waals surface area contributed by atoms with Crippen molar-refractivity contribution in [3.05, 3.63) is 69.5 Å². The lowest BCUT2D eigenvalue weighted by atomic mass is 10.1. The van der Waals surface area contributed by atoms with Crippen LogP contribution in [-0.4, -0.2) is 74.1 Å². The zero-order valence-electron chi connectivity index (χ0n) is 21.7. The van der Waals surface area contributed by atoms with Gasteiger partial charge in [-0.15, -0.1) is 12.4 Å². The fraction of sp³-hybridized carbons (Fsp3) is 0.333. The zero-order chi connectivity index (χ0) is 27.4. The third-order valence-electron chi connectivity index (χ3n) is 5.70. The number of nitrogens with one attached hydrogen (secondary N) is 2. The quantitative estimate of drug-likeness (QED) is 0.122. The van der Waals surface area contributed by atoms with Crippen LogP contribution in [0.2, 0.25) is 0 Å². The van der Waals surface area contributed by atoms with Gasteiger partial charge in [-0.3, -0.25) is 29.3 Å². The molecular formula is C24H30ClN7O6. The van der Waals surface area contributed by atoms with Crippen LogP contribution in [0, 0.1) is 10.1 Å². The number of nitrogens with zero attached hydrogens (tertiary/aromatic N) is 5. The SMILES string of the molecule is CN(C)CCCNC(=O)c1cc(NC(=O)c2cc(C(=O)C(=O)c3cc([N+](=O)[O-])cn3C)cn2C)cn1C.Cl. The summed E-state index contributed by atoms with van der Waals surface area (Å²) >= 11 is 0. The summed E-state index contributed by atoms with van der Waals surface area (Å²) in [5.74, 6) is -2.66. The van der Waals surface area contributed by atoms with E-state index in [0.717, 1.165) is 25.2 Å². The van der Waals surface area contributed by atoms with E-state index in [1.807, 2.05) is 19.0 Å². The number of halogens is 1. The van der Waals surface area contributed by atoms with Crippen molar-refractivity contribution in [1.82, 2.24) is 23.9 Å². The molecule has 0 aromatic carbocycles. The van der Waals surface area contributed by atoms with Gasteiger partial charge >= 0.3 is 0 Å². The second-order valence-corrected chi connectivity index (χ2v) is 8.93. The lowest BCUT2D eigenvalue weighted by molar-refractivity contribution is -0.384. The Hall–Kier alpha value is -4.23. The Morgan fingerprint density at radius 1 is 0.868 bits per heavy atom. The second-order valence-electron chi connectivity index (χ2n) is 8.93. The van der Waals surface area contributed by atoms with Gasteiger partial charge in [-0.1, -0.05) is 0 Å². The van der Waals surface area contributed by atoms with Crippen molar-refractivity contribution in [2.75, 3.05) is 32.5 Å². The van der Waals surface area contributed by atoms with E-state index >= 15 is 0 Å². The summed E-state index contributed by atoms with van der Waals surface area (Å²) in [6.07, 6.45) is 4.87. The van der Waals surface area contributed by atoms with Crippen LogP contribution in [0.25, 0.3) is 0 Å². The smallest absolute Gasteiger partial charge is 0.287 e. The molecule has 0 aliphatic heterocycles. The Labute approximate surface area is 224 Å². The second kappa shape index (κ2) is 12.3. The topological polar surface area (TPSA) is 154 Å². The van der Waals surface area contributed by atoms with Crippen molar-refractivity contribution < 1.29 is 24.1 Å². The number of carbonyl (C=O) groups excluding carboxylic acids is 4. The maximum atomic E-state index is 12.9. The molecule has 3 aromatic heterocycles. The van der Waals surface area contributed by atoms with E-state index in [0.29, 0.717) is 17.9 Å². The number of nitro groups is 1. The van der Waals surface area contributed by atoms with E-state index in [-0.39, 0.29) is 41.0 Å². The van der Waals surface area contributed by atoms with E-state index < -0.39 is 22.4 Å². The molecule has 3 heterocycles. The average molecular weight is 548 g/mol. The maximum Gasteiger partial charge on any atom is 0.287 e. The number of hydrogen-bond acceptors (Lipinski definition) is 7. The van der Waals surface area contributed by atoms with E-state index in [2.05, 4.69) is 10.6 Å². The van der Waals surface area contributed by atoms with Crippen LogP contribution in [0.5, 0.6) is 0 Å². The normalized spacial score (nSPS) is 10.7. The Balaban J connectivity index is 0.00000507. The standard InChI is InChI=1S/C24H29N7O6.ClH/c1-27(2)8-6-7-25-23(34)20-10-16(13-29(20)4)26-24(35)19-9-15(12-28(19)3)21(32)22(33)18-11-17(31(36)37)14-30(18)5;/h9-14H,6-8H2,1-5H3,(H,25,34)(H,26,35);1H. The summed E-state index contributed by atoms with van der Waals surface area (Å²) in [7, 11) is 8.56. The summed E-state index contributed by atoms with van der Waals surface area (Å²) in [5, 5.41) is 16.5. The van der Waals surface area contributed by atoms with E-state index in [9.17, 15) is 29.3 Å². The first-order valence-electron chi connectivity index (χ1n) is 11.4. The van der Waals surface area contributed by atoms with E-state index in [4.69, 9.17) is 0 Å². The monoisotopic (exact) mass is 547 g/mol. The third kappa shape index (κ3) is 6.75. The first kappa shape index (κ1) is 30.0. The molecule has 0 aliphatic carbocycles. The van der Waals surface area contributed by atoms with Gasteiger partial charge in [0.15, 0.2) is 0 Å². The number of carbonyl (C=O) groups is 4. The predicted molar refractivity (Wildman–Crippen MR) is 142 cm³/mol. The number of aromatic nitrogens is 3. The van der Waals surface area contributed by atoms with Gasteiger partial charge in [0.05, 0.1) is 22.5 Å². The zero-order valence-corrected chi connectivity index (χ0v) is 22.5. The van der Waals surface area contributed by atoms with Crippen molar-refractivity contribution in [2.45, 2.75) is 6.42 Å². The molecule has 204 valence electrons. The number of hydrogen-bond donors (Lipinski definition) is 2. The van der Waals surface area contributed by atoms with Gasteiger partial charge in [0.25, 0.3) is 17.5 Å². The van der Waals surface area contributed by atoms with Crippen molar-refractivity contribution in [2.24, 2.45) is 21.1 Å². The largest absolute Gasteiger partial charge is 0.351 e. The molecule has 3 aromatic rings. The molecule has 13 nitrogen and oxygen atoms in total. The van der Waals surface area contributed by atoms with E-state index in [1.54, 1.807) is 30.9 Å². The van der Waals surface area contributed by atoms with Crippen LogP contribution < -0.4 is 10.6 Å². The van der Waals surface area contributed by atoms with Gasteiger partial charge in [-0.2, -0.15) is 0 Å². The molecule has 3 rings (SSSR count).